The second-order valence-corrected chi connectivity index (χ2v) is 4.37. The van der Waals surface area contributed by atoms with E-state index < -0.39 is 5.97 Å². The summed E-state index contributed by atoms with van der Waals surface area (Å²) >= 11 is 0. The van der Waals surface area contributed by atoms with E-state index in [9.17, 15) is 4.79 Å². The van der Waals surface area contributed by atoms with E-state index in [0.717, 1.165) is 12.2 Å². The van der Waals surface area contributed by atoms with Crippen molar-refractivity contribution in [2.45, 2.75) is 6.04 Å². The Labute approximate surface area is 87.1 Å². The lowest BCUT2D eigenvalue weighted by molar-refractivity contribution is -0.139. The third kappa shape index (κ3) is 1.13. The molecule has 15 heavy (non-hydrogen) atoms. The Morgan fingerprint density at radius 3 is 3.07 bits per heavy atom. The van der Waals surface area contributed by atoms with Crippen LogP contribution in [0.3, 0.4) is 0 Å². The number of carboxylic acid groups (broad SMARTS) is 1. The number of rotatable bonds is 2. The van der Waals surface area contributed by atoms with Gasteiger partial charge in [0.15, 0.2) is 0 Å². The molecule has 1 aliphatic carbocycles. The summed E-state index contributed by atoms with van der Waals surface area (Å²) in [4.78, 5) is 10.9. The van der Waals surface area contributed by atoms with Crippen molar-refractivity contribution in [1.29, 1.82) is 0 Å². The molecule has 1 aromatic heterocycles. The van der Waals surface area contributed by atoms with Gasteiger partial charge in [-0.05, 0) is 24.4 Å². The van der Waals surface area contributed by atoms with Gasteiger partial charge in [-0.2, -0.15) is 5.10 Å². The van der Waals surface area contributed by atoms with Crippen molar-refractivity contribution in [2.75, 3.05) is 6.54 Å². The summed E-state index contributed by atoms with van der Waals surface area (Å²) in [5.74, 6) is -0.217. The number of carbonyl (C=O) groups is 1. The lowest BCUT2D eigenvalue weighted by atomic mass is 10.1. The van der Waals surface area contributed by atoms with Gasteiger partial charge in [-0.1, -0.05) is 0 Å². The fourth-order valence-electron chi connectivity index (χ4n) is 2.86. The van der Waals surface area contributed by atoms with Crippen molar-refractivity contribution in [1.82, 2.24) is 15.1 Å². The molecule has 0 amide bonds. The Kier molecular flexibility index (Phi) is 1.68. The second-order valence-electron chi connectivity index (χ2n) is 4.37. The number of fused-ring (bicyclic) bond motifs is 1. The molecule has 4 atom stereocenters. The number of piperidine rings is 1. The number of hydrogen-bond acceptors (Lipinski definition) is 3. The average Bonchev–Trinajstić information content (AvgIpc) is 2.53. The van der Waals surface area contributed by atoms with E-state index in [-0.39, 0.29) is 17.9 Å². The normalized spacial score (nSPS) is 37.7. The van der Waals surface area contributed by atoms with Crippen molar-refractivity contribution >= 4 is 5.97 Å². The smallest absolute Gasteiger partial charge is 0.307 e. The first-order valence-electron chi connectivity index (χ1n) is 5.14. The maximum Gasteiger partial charge on any atom is 0.307 e. The van der Waals surface area contributed by atoms with Crippen LogP contribution in [0.15, 0.2) is 12.3 Å². The van der Waals surface area contributed by atoms with E-state index >= 15 is 0 Å². The molecule has 1 saturated carbocycles. The number of aromatic nitrogens is 2. The number of aliphatic carboxylic acids is 1. The highest BCUT2D eigenvalue weighted by molar-refractivity contribution is 5.75. The quantitative estimate of drug-likeness (QED) is 0.717. The minimum Gasteiger partial charge on any atom is -0.481 e. The molecule has 0 spiro atoms. The molecule has 4 unspecified atom stereocenters. The van der Waals surface area contributed by atoms with Gasteiger partial charge in [0.1, 0.15) is 0 Å². The molecule has 2 fully saturated rings. The predicted octanol–water partition coefficient (Wildman–Crippen LogP) is 0.0112. The largest absolute Gasteiger partial charge is 0.481 e. The van der Waals surface area contributed by atoms with Crippen LogP contribution in [0.4, 0.5) is 0 Å². The van der Waals surface area contributed by atoms with Gasteiger partial charge in [-0.25, -0.2) is 0 Å². The van der Waals surface area contributed by atoms with Crippen LogP contribution in [0.25, 0.3) is 0 Å². The van der Waals surface area contributed by atoms with Crippen LogP contribution in [0, 0.1) is 17.8 Å². The van der Waals surface area contributed by atoms with Gasteiger partial charge in [0.2, 0.25) is 0 Å². The van der Waals surface area contributed by atoms with E-state index in [1.807, 2.05) is 17.8 Å². The zero-order valence-electron chi connectivity index (χ0n) is 8.42. The van der Waals surface area contributed by atoms with E-state index in [1.54, 1.807) is 6.20 Å². The second kappa shape index (κ2) is 2.82. The van der Waals surface area contributed by atoms with E-state index in [2.05, 4.69) is 10.4 Å². The zero-order chi connectivity index (χ0) is 10.6. The summed E-state index contributed by atoms with van der Waals surface area (Å²) in [6, 6.07) is 2.13. The lowest BCUT2D eigenvalue weighted by Gasteiger charge is -2.14. The number of nitrogens with one attached hydrogen (secondary N) is 1. The van der Waals surface area contributed by atoms with Crippen molar-refractivity contribution in [3.05, 3.63) is 18.0 Å². The third-order valence-electron chi connectivity index (χ3n) is 3.65. The molecule has 3 rings (SSSR count). The van der Waals surface area contributed by atoms with Gasteiger partial charge in [-0.15, -0.1) is 0 Å². The van der Waals surface area contributed by atoms with Crippen LogP contribution in [-0.2, 0) is 11.8 Å². The molecule has 2 N–H and O–H groups in total. The molecule has 2 heterocycles. The van der Waals surface area contributed by atoms with Crippen LogP contribution in [0.5, 0.6) is 0 Å². The van der Waals surface area contributed by atoms with Gasteiger partial charge in [0.05, 0.1) is 17.7 Å². The summed E-state index contributed by atoms with van der Waals surface area (Å²) in [5, 5.41) is 16.5. The molecule has 1 saturated heterocycles. The molecule has 1 aliphatic heterocycles. The fraction of sp³-hybridized carbons (Fsp3) is 0.600. The van der Waals surface area contributed by atoms with Crippen LogP contribution < -0.4 is 5.32 Å². The SMILES string of the molecule is Cn1nccc1C1NCC2C(C(=O)O)C12. The molecule has 1 aromatic rings. The molecule has 5 heteroatoms. The standard InChI is InChI=1S/C10H13N3O2/c1-13-6(2-3-12-13)9-7-5(4-11-9)8(7)10(14)15/h2-3,5,7-9,11H,4H2,1H3,(H,14,15). The number of carboxylic acids is 1. The predicted molar refractivity (Wildman–Crippen MR) is 52.1 cm³/mol. The minimum absolute atomic E-state index is 0.147. The average molecular weight is 207 g/mol. The van der Waals surface area contributed by atoms with Crippen molar-refractivity contribution < 1.29 is 9.90 Å². The maximum atomic E-state index is 10.9. The third-order valence-corrected chi connectivity index (χ3v) is 3.65. The highest BCUT2D eigenvalue weighted by atomic mass is 16.4. The summed E-state index contributed by atoms with van der Waals surface area (Å²) < 4.78 is 1.82. The van der Waals surface area contributed by atoms with Crippen molar-refractivity contribution in [3.8, 4) is 0 Å². The Bertz CT molecular complexity index is 415. The highest BCUT2D eigenvalue weighted by Gasteiger charge is 2.62. The first kappa shape index (κ1) is 8.91. The monoisotopic (exact) mass is 207 g/mol. The van der Waals surface area contributed by atoms with Gasteiger partial charge in [0.25, 0.3) is 0 Å². The van der Waals surface area contributed by atoms with Gasteiger partial charge < -0.3 is 10.4 Å². The maximum absolute atomic E-state index is 10.9. The van der Waals surface area contributed by atoms with Crippen molar-refractivity contribution in [2.24, 2.45) is 24.8 Å². The molecule has 0 bridgehead atoms. The number of hydrogen-bond donors (Lipinski definition) is 2. The molecule has 0 radical (unpaired) electrons. The van der Waals surface area contributed by atoms with E-state index in [0.29, 0.717) is 5.92 Å². The summed E-state index contributed by atoms with van der Waals surface area (Å²) in [6.07, 6.45) is 1.75. The number of nitrogens with zero attached hydrogens (tertiary/aromatic N) is 2. The highest BCUT2D eigenvalue weighted by Crippen LogP contribution is 2.57. The van der Waals surface area contributed by atoms with Crippen molar-refractivity contribution in [3.63, 3.8) is 0 Å². The van der Waals surface area contributed by atoms with Gasteiger partial charge in [-0.3, -0.25) is 9.48 Å². The first-order chi connectivity index (χ1) is 7.20. The molecular formula is C10H13N3O2. The van der Waals surface area contributed by atoms with E-state index in [1.165, 1.54) is 0 Å². The van der Waals surface area contributed by atoms with Gasteiger partial charge >= 0.3 is 5.97 Å². The van der Waals surface area contributed by atoms with Crippen LogP contribution >= 0.6 is 0 Å². The molecular weight excluding hydrogens is 194 g/mol. The number of aryl methyl sites for hydroxylation is 1. The molecule has 80 valence electrons. The van der Waals surface area contributed by atoms with Crippen LogP contribution in [0.1, 0.15) is 11.7 Å². The fourth-order valence-corrected chi connectivity index (χ4v) is 2.86. The minimum atomic E-state index is -0.654. The molecule has 2 aliphatic rings. The van der Waals surface area contributed by atoms with E-state index in [4.69, 9.17) is 5.11 Å². The first-order valence-corrected chi connectivity index (χ1v) is 5.14. The Morgan fingerprint density at radius 2 is 2.53 bits per heavy atom. The summed E-state index contributed by atoms with van der Waals surface area (Å²) in [6.45, 7) is 0.817. The molecule has 5 nitrogen and oxygen atoms in total. The topological polar surface area (TPSA) is 67.2 Å². The lowest BCUT2D eigenvalue weighted by Crippen LogP contribution is -2.25. The van der Waals surface area contributed by atoms with Gasteiger partial charge in [0, 0.05) is 13.2 Å². The summed E-state index contributed by atoms with van der Waals surface area (Å²) in [7, 11) is 1.89. The summed E-state index contributed by atoms with van der Waals surface area (Å²) in [5.41, 5.74) is 1.09. The molecule has 0 aromatic carbocycles. The Morgan fingerprint density at radius 1 is 1.73 bits per heavy atom. The Balaban J connectivity index is 1.86. The van der Waals surface area contributed by atoms with Crippen LogP contribution in [0.2, 0.25) is 0 Å². The van der Waals surface area contributed by atoms with Crippen LogP contribution in [-0.4, -0.2) is 27.4 Å². The zero-order valence-corrected chi connectivity index (χ0v) is 8.42. The Hall–Kier alpha value is -1.36.